The lowest BCUT2D eigenvalue weighted by molar-refractivity contribution is -0.139. The predicted octanol–water partition coefficient (Wildman–Crippen LogP) is -0.0514. The van der Waals surface area contributed by atoms with Crippen molar-refractivity contribution in [2.75, 3.05) is 13.7 Å². The molecule has 0 aromatic carbocycles. The fourth-order valence-corrected chi connectivity index (χ4v) is 0.629. The topological polar surface area (TPSA) is 81.5 Å². The van der Waals surface area contributed by atoms with Crippen LogP contribution in [0, 0.1) is 0 Å². The SMILES string of the molecule is COc1ccc(OCC(=O)O)nn1. The molecule has 0 aliphatic heterocycles. The molecular weight excluding hydrogens is 176 g/mol. The Morgan fingerprint density at radius 2 is 2.08 bits per heavy atom. The smallest absolute Gasteiger partial charge is 0.341 e. The van der Waals surface area contributed by atoms with Gasteiger partial charge in [-0.3, -0.25) is 0 Å². The maximum Gasteiger partial charge on any atom is 0.341 e. The normalized spacial score (nSPS) is 9.31. The first kappa shape index (κ1) is 9.24. The summed E-state index contributed by atoms with van der Waals surface area (Å²) < 4.78 is 9.49. The van der Waals surface area contributed by atoms with E-state index >= 15 is 0 Å². The predicted molar refractivity (Wildman–Crippen MR) is 41.7 cm³/mol. The van der Waals surface area contributed by atoms with Crippen molar-refractivity contribution >= 4 is 5.97 Å². The van der Waals surface area contributed by atoms with Crippen LogP contribution >= 0.6 is 0 Å². The first-order chi connectivity index (χ1) is 6.22. The molecule has 0 bridgehead atoms. The van der Waals surface area contributed by atoms with E-state index in [0.717, 1.165) is 0 Å². The zero-order valence-electron chi connectivity index (χ0n) is 6.93. The summed E-state index contributed by atoms with van der Waals surface area (Å²) in [5.41, 5.74) is 0. The van der Waals surface area contributed by atoms with Crippen molar-refractivity contribution in [2.24, 2.45) is 0 Å². The Labute approximate surface area is 74.1 Å². The molecule has 1 N–H and O–H groups in total. The molecule has 0 radical (unpaired) electrons. The highest BCUT2D eigenvalue weighted by atomic mass is 16.5. The minimum absolute atomic E-state index is 0.156. The highest BCUT2D eigenvalue weighted by Crippen LogP contribution is 2.08. The van der Waals surface area contributed by atoms with Gasteiger partial charge in [0.15, 0.2) is 6.61 Å². The van der Waals surface area contributed by atoms with Crippen LogP contribution in [0.5, 0.6) is 11.8 Å². The largest absolute Gasteiger partial charge is 0.480 e. The van der Waals surface area contributed by atoms with E-state index < -0.39 is 12.6 Å². The molecule has 0 atom stereocenters. The lowest BCUT2D eigenvalue weighted by atomic mass is 10.5. The van der Waals surface area contributed by atoms with Gasteiger partial charge in [0, 0.05) is 12.1 Å². The second kappa shape index (κ2) is 4.24. The van der Waals surface area contributed by atoms with Crippen LogP contribution in [-0.4, -0.2) is 35.0 Å². The van der Waals surface area contributed by atoms with Crippen LogP contribution in [0.3, 0.4) is 0 Å². The molecule has 70 valence electrons. The van der Waals surface area contributed by atoms with Gasteiger partial charge in [-0.05, 0) is 0 Å². The molecule has 1 heterocycles. The average molecular weight is 184 g/mol. The molecule has 0 saturated heterocycles. The van der Waals surface area contributed by atoms with Crippen LogP contribution < -0.4 is 9.47 Å². The van der Waals surface area contributed by atoms with E-state index in [2.05, 4.69) is 10.2 Å². The second-order valence-corrected chi connectivity index (χ2v) is 2.10. The fraction of sp³-hybridized carbons (Fsp3) is 0.286. The van der Waals surface area contributed by atoms with Crippen LogP contribution in [0.1, 0.15) is 0 Å². The fourth-order valence-electron chi connectivity index (χ4n) is 0.629. The number of aliphatic carboxylic acids is 1. The molecule has 1 aromatic heterocycles. The number of nitrogens with zero attached hydrogens (tertiary/aromatic N) is 2. The minimum atomic E-state index is -1.06. The van der Waals surface area contributed by atoms with E-state index in [1.807, 2.05) is 0 Å². The van der Waals surface area contributed by atoms with Crippen molar-refractivity contribution in [3.8, 4) is 11.8 Å². The lowest BCUT2D eigenvalue weighted by Gasteiger charge is -2.01. The van der Waals surface area contributed by atoms with Crippen LogP contribution in [-0.2, 0) is 4.79 Å². The molecule has 0 unspecified atom stereocenters. The third-order valence-electron chi connectivity index (χ3n) is 1.17. The Balaban J connectivity index is 2.54. The molecule has 0 fully saturated rings. The summed E-state index contributed by atoms with van der Waals surface area (Å²) in [7, 11) is 1.46. The van der Waals surface area contributed by atoms with Crippen LogP contribution in [0.2, 0.25) is 0 Å². The van der Waals surface area contributed by atoms with E-state index in [-0.39, 0.29) is 5.88 Å². The van der Waals surface area contributed by atoms with E-state index in [1.54, 1.807) is 0 Å². The van der Waals surface area contributed by atoms with Crippen LogP contribution in [0.25, 0.3) is 0 Å². The maximum atomic E-state index is 10.1. The zero-order valence-corrected chi connectivity index (χ0v) is 6.93. The van der Waals surface area contributed by atoms with Gasteiger partial charge >= 0.3 is 5.97 Å². The van der Waals surface area contributed by atoms with Gasteiger partial charge in [-0.25, -0.2) is 4.79 Å². The number of rotatable bonds is 4. The molecule has 6 nitrogen and oxygen atoms in total. The second-order valence-electron chi connectivity index (χ2n) is 2.10. The number of hydrogen-bond acceptors (Lipinski definition) is 5. The van der Waals surface area contributed by atoms with Gasteiger partial charge < -0.3 is 14.6 Å². The summed E-state index contributed by atoms with van der Waals surface area (Å²) in [6.45, 7) is -0.430. The Bertz CT molecular complexity index is 285. The minimum Gasteiger partial charge on any atom is -0.480 e. The highest BCUT2D eigenvalue weighted by Gasteiger charge is 2.01. The van der Waals surface area contributed by atoms with Crippen LogP contribution in [0.4, 0.5) is 0 Å². The van der Waals surface area contributed by atoms with Gasteiger partial charge in [0.25, 0.3) is 0 Å². The molecule has 0 amide bonds. The molecule has 1 aromatic rings. The zero-order chi connectivity index (χ0) is 9.68. The Morgan fingerprint density at radius 1 is 1.46 bits per heavy atom. The van der Waals surface area contributed by atoms with Gasteiger partial charge in [0.2, 0.25) is 11.8 Å². The summed E-state index contributed by atoms with van der Waals surface area (Å²) in [6, 6.07) is 3.01. The highest BCUT2D eigenvalue weighted by molar-refractivity contribution is 5.68. The number of ether oxygens (including phenoxy) is 2. The van der Waals surface area contributed by atoms with Gasteiger partial charge in [0.05, 0.1) is 7.11 Å². The van der Waals surface area contributed by atoms with Crippen molar-refractivity contribution in [2.45, 2.75) is 0 Å². The van der Waals surface area contributed by atoms with E-state index in [0.29, 0.717) is 5.88 Å². The van der Waals surface area contributed by atoms with E-state index in [4.69, 9.17) is 14.6 Å². The van der Waals surface area contributed by atoms with E-state index in [1.165, 1.54) is 19.2 Å². The lowest BCUT2D eigenvalue weighted by Crippen LogP contribution is -2.10. The number of hydrogen-bond donors (Lipinski definition) is 1. The quantitative estimate of drug-likeness (QED) is 0.706. The van der Waals surface area contributed by atoms with Gasteiger partial charge in [-0.1, -0.05) is 0 Å². The molecule has 13 heavy (non-hydrogen) atoms. The molecule has 0 spiro atoms. The van der Waals surface area contributed by atoms with E-state index in [9.17, 15) is 4.79 Å². The summed E-state index contributed by atoms with van der Waals surface area (Å²) in [6.07, 6.45) is 0. The Morgan fingerprint density at radius 3 is 2.54 bits per heavy atom. The average Bonchev–Trinajstić information content (AvgIpc) is 2.15. The molecule has 0 saturated carbocycles. The summed E-state index contributed by atoms with van der Waals surface area (Å²) >= 11 is 0. The van der Waals surface area contributed by atoms with Crippen molar-refractivity contribution in [3.05, 3.63) is 12.1 Å². The molecule has 0 aliphatic rings. The molecular formula is C7H8N2O4. The first-order valence-corrected chi connectivity index (χ1v) is 3.44. The van der Waals surface area contributed by atoms with Gasteiger partial charge in [-0.2, -0.15) is 0 Å². The van der Waals surface area contributed by atoms with Gasteiger partial charge in [0.1, 0.15) is 0 Å². The Hall–Kier alpha value is -1.85. The molecule has 1 rings (SSSR count). The maximum absolute atomic E-state index is 10.1. The van der Waals surface area contributed by atoms with Gasteiger partial charge in [-0.15, -0.1) is 10.2 Å². The first-order valence-electron chi connectivity index (χ1n) is 3.44. The third-order valence-corrected chi connectivity index (χ3v) is 1.17. The summed E-state index contributed by atoms with van der Waals surface area (Å²) in [5.74, 6) is -0.552. The molecule has 0 aliphatic carbocycles. The third kappa shape index (κ3) is 2.94. The number of carbonyl (C=O) groups is 1. The Kier molecular flexibility index (Phi) is 3.02. The van der Waals surface area contributed by atoms with Crippen LogP contribution in [0.15, 0.2) is 12.1 Å². The number of carboxylic acid groups (broad SMARTS) is 1. The summed E-state index contributed by atoms with van der Waals surface area (Å²) in [4.78, 5) is 10.1. The van der Waals surface area contributed by atoms with Crippen molar-refractivity contribution in [1.82, 2.24) is 10.2 Å². The standard InChI is InChI=1S/C7H8N2O4/c1-12-5-2-3-6(9-8-5)13-4-7(10)11/h2-3H,4H2,1H3,(H,10,11). The summed E-state index contributed by atoms with van der Waals surface area (Å²) in [5, 5.41) is 15.4. The van der Waals surface area contributed by atoms with Crippen molar-refractivity contribution in [3.63, 3.8) is 0 Å². The number of carboxylic acids is 1. The number of aromatic nitrogens is 2. The molecule has 6 heteroatoms. The number of methoxy groups -OCH3 is 1. The monoisotopic (exact) mass is 184 g/mol. The van der Waals surface area contributed by atoms with Crippen molar-refractivity contribution < 1.29 is 19.4 Å². The van der Waals surface area contributed by atoms with Crippen molar-refractivity contribution in [1.29, 1.82) is 0 Å².